The Balaban J connectivity index is 1.77. The molecule has 1 amide bonds. The Morgan fingerprint density at radius 1 is 1.21 bits per heavy atom. The van der Waals surface area contributed by atoms with E-state index < -0.39 is 0 Å². The number of benzene rings is 2. The number of hydrogen-bond acceptors (Lipinski definition) is 3. The summed E-state index contributed by atoms with van der Waals surface area (Å²) in [6.07, 6.45) is -0.0261. The average molecular weight is 349 g/mol. The second kappa shape index (κ2) is 7.64. The number of halogens is 2. The van der Waals surface area contributed by atoms with Gasteiger partial charge >= 0.3 is 0 Å². The topological polar surface area (TPSA) is 41.6 Å². The Morgan fingerprint density at radius 3 is 2.71 bits per heavy atom. The number of carbonyl (C=O) groups is 1. The summed E-state index contributed by atoms with van der Waals surface area (Å²) in [4.78, 5) is 14.5. The number of nitrogens with one attached hydrogen (secondary N) is 1. The Kier molecular flexibility index (Phi) is 5.33. The molecule has 0 atom stereocenters. The number of morpholine rings is 1. The van der Waals surface area contributed by atoms with E-state index in [1.807, 2.05) is 6.07 Å². The fourth-order valence-electron chi connectivity index (χ4n) is 2.70. The van der Waals surface area contributed by atoms with E-state index in [0.29, 0.717) is 29.5 Å². The van der Waals surface area contributed by atoms with E-state index in [9.17, 15) is 9.18 Å². The standard InChI is InChI=1S/C18H18ClFN2O2/c19-14-5-6-17(22-7-9-24-10-8-22)16(12-14)21-18(23)11-13-3-1-2-4-15(13)20/h1-6,12H,7-11H2,(H,21,23). The van der Waals surface area contributed by atoms with Crippen molar-refractivity contribution >= 4 is 28.9 Å². The van der Waals surface area contributed by atoms with Crippen LogP contribution in [0.4, 0.5) is 15.8 Å². The fourth-order valence-corrected chi connectivity index (χ4v) is 2.87. The molecule has 126 valence electrons. The zero-order chi connectivity index (χ0) is 16.9. The fraction of sp³-hybridized carbons (Fsp3) is 0.278. The molecule has 4 nitrogen and oxygen atoms in total. The van der Waals surface area contributed by atoms with Gasteiger partial charge in [0.05, 0.1) is 31.0 Å². The third-order valence-electron chi connectivity index (χ3n) is 3.89. The van der Waals surface area contributed by atoms with Gasteiger partial charge in [-0.15, -0.1) is 0 Å². The van der Waals surface area contributed by atoms with Crippen LogP contribution in [0.5, 0.6) is 0 Å². The molecule has 2 aromatic carbocycles. The maximum absolute atomic E-state index is 13.7. The summed E-state index contributed by atoms with van der Waals surface area (Å²) < 4.78 is 19.1. The number of hydrogen-bond donors (Lipinski definition) is 1. The molecule has 0 unspecified atom stereocenters. The zero-order valence-electron chi connectivity index (χ0n) is 13.1. The van der Waals surface area contributed by atoms with Crippen molar-refractivity contribution < 1.29 is 13.9 Å². The third-order valence-corrected chi connectivity index (χ3v) is 4.13. The van der Waals surface area contributed by atoms with Crippen LogP contribution in [0.3, 0.4) is 0 Å². The van der Waals surface area contributed by atoms with Crippen LogP contribution in [0.2, 0.25) is 5.02 Å². The summed E-state index contributed by atoms with van der Waals surface area (Å²) in [5, 5.41) is 3.39. The molecule has 0 spiro atoms. The quantitative estimate of drug-likeness (QED) is 0.919. The number of nitrogens with zero attached hydrogens (tertiary/aromatic N) is 1. The van der Waals surface area contributed by atoms with E-state index in [1.165, 1.54) is 6.07 Å². The van der Waals surface area contributed by atoms with Crippen LogP contribution in [0.25, 0.3) is 0 Å². The summed E-state index contributed by atoms with van der Waals surface area (Å²) in [5.74, 6) is -0.663. The van der Waals surface area contributed by atoms with E-state index >= 15 is 0 Å². The first-order valence-corrected chi connectivity index (χ1v) is 8.17. The Bertz CT molecular complexity index is 733. The first kappa shape index (κ1) is 16.7. The van der Waals surface area contributed by atoms with Gasteiger partial charge in [-0.3, -0.25) is 4.79 Å². The molecule has 0 aliphatic carbocycles. The maximum Gasteiger partial charge on any atom is 0.228 e. The maximum atomic E-state index is 13.7. The highest BCUT2D eigenvalue weighted by Crippen LogP contribution is 2.30. The molecule has 0 radical (unpaired) electrons. The van der Waals surface area contributed by atoms with Crippen molar-refractivity contribution in [2.24, 2.45) is 0 Å². The smallest absolute Gasteiger partial charge is 0.228 e. The van der Waals surface area contributed by atoms with Crippen molar-refractivity contribution in [2.45, 2.75) is 6.42 Å². The molecule has 1 aliphatic heterocycles. The minimum atomic E-state index is -0.382. The lowest BCUT2D eigenvalue weighted by molar-refractivity contribution is -0.115. The summed E-state index contributed by atoms with van der Waals surface area (Å²) in [5.41, 5.74) is 1.89. The van der Waals surface area contributed by atoms with Crippen molar-refractivity contribution in [3.05, 3.63) is 58.9 Å². The molecule has 6 heteroatoms. The predicted octanol–water partition coefficient (Wildman–Crippen LogP) is 3.50. The monoisotopic (exact) mass is 348 g/mol. The van der Waals surface area contributed by atoms with Gasteiger partial charge in [0.25, 0.3) is 0 Å². The van der Waals surface area contributed by atoms with E-state index in [1.54, 1.807) is 30.3 Å². The van der Waals surface area contributed by atoms with Gasteiger partial charge in [-0.1, -0.05) is 29.8 Å². The van der Waals surface area contributed by atoms with Crippen molar-refractivity contribution in [2.75, 3.05) is 36.5 Å². The Hall–Kier alpha value is -2.11. The highest BCUT2D eigenvalue weighted by Gasteiger charge is 2.17. The van der Waals surface area contributed by atoms with Gasteiger partial charge in [0.1, 0.15) is 5.82 Å². The minimum absolute atomic E-state index is 0.0261. The number of amides is 1. The molecule has 0 bridgehead atoms. The molecule has 0 aromatic heterocycles. The molecular formula is C18H18ClFN2O2. The van der Waals surface area contributed by atoms with Gasteiger partial charge in [0.2, 0.25) is 5.91 Å². The molecular weight excluding hydrogens is 331 g/mol. The summed E-state index contributed by atoms with van der Waals surface area (Å²) in [6, 6.07) is 11.7. The van der Waals surface area contributed by atoms with E-state index in [2.05, 4.69) is 10.2 Å². The number of ether oxygens (including phenoxy) is 1. The molecule has 24 heavy (non-hydrogen) atoms. The van der Waals surface area contributed by atoms with Crippen LogP contribution < -0.4 is 10.2 Å². The van der Waals surface area contributed by atoms with Gasteiger partial charge in [-0.25, -0.2) is 4.39 Å². The van der Waals surface area contributed by atoms with Crippen molar-refractivity contribution in [3.8, 4) is 0 Å². The van der Waals surface area contributed by atoms with Crippen molar-refractivity contribution in [1.82, 2.24) is 0 Å². The first-order valence-electron chi connectivity index (χ1n) is 7.79. The minimum Gasteiger partial charge on any atom is -0.378 e. The summed E-state index contributed by atoms with van der Waals surface area (Å²) in [6.45, 7) is 2.78. The molecule has 3 rings (SSSR count). The normalized spacial score (nSPS) is 14.5. The lowest BCUT2D eigenvalue weighted by Crippen LogP contribution is -2.36. The van der Waals surface area contributed by atoms with Gasteiger partial charge < -0.3 is 15.0 Å². The van der Waals surface area contributed by atoms with Gasteiger partial charge in [0.15, 0.2) is 0 Å². The average Bonchev–Trinajstić information content (AvgIpc) is 2.58. The van der Waals surface area contributed by atoms with E-state index in [-0.39, 0.29) is 18.1 Å². The van der Waals surface area contributed by atoms with Crippen molar-refractivity contribution in [3.63, 3.8) is 0 Å². The lowest BCUT2D eigenvalue weighted by atomic mass is 10.1. The zero-order valence-corrected chi connectivity index (χ0v) is 13.9. The SMILES string of the molecule is O=C(Cc1ccccc1F)Nc1cc(Cl)ccc1N1CCOCC1. The molecule has 1 saturated heterocycles. The number of anilines is 2. The lowest BCUT2D eigenvalue weighted by Gasteiger charge is -2.30. The second-order valence-corrected chi connectivity index (χ2v) is 6.01. The van der Waals surface area contributed by atoms with Gasteiger partial charge in [0, 0.05) is 18.1 Å². The predicted molar refractivity (Wildman–Crippen MR) is 93.2 cm³/mol. The van der Waals surface area contributed by atoms with Crippen LogP contribution in [0.1, 0.15) is 5.56 Å². The van der Waals surface area contributed by atoms with Crippen LogP contribution in [0, 0.1) is 5.82 Å². The highest BCUT2D eigenvalue weighted by atomic mass is 35.5. The second-order valence-electron chi connectivity index (χ2n) is 5.58. The van der Waals surface area contributed by atoms with E-state index in [4.69, 9.17) is 16.3 Å². The van der Waals surface area contributed by atoms with Gasteiger partial charge in [-0.05, 0) is 29.8 Å². The van der Waals surface area contributed by atoms with Gasteiger partial charge in [-0.2, -0.15) is 0 Å². The molecule has 1 heterocycles. The van der Waals surface area contributed by atoms with Crippen LogP contribution >= 0.6 is 11.6 Å². The molecule has 1 aliphatic rings. The number of rotatable bonds is 4. The van der Waals surface area contributed by atoms with Crippen LogP contribution in [-0.4, -0.2) is 32.2 Å². The summed E-state index contributed by atoms with van der Waals surface area (Å²) >= 11 is 6.07. The van der Waals surface area contributed by atoms with Crippen LogP contribution in [0.15, 0.2) is 42.5 Å². The molecule has 1 fully saturated rings. The number of carbonyl (C=O) groups excluding carboxylic acids is 1. The Labute approximate surface area is 145 Å². The molecule has 2 aromatic rings. The Morgan fingerprint density at radius 2 is 1.96 bits per heavy atom. The third kappa shape index (κ3) is 4.04. The van der Waals surface area contributed by atoms with E-state index in [0.717, 1.165) is 18.8 Å². The van der Waals surface area contributed by atoms with Crippen molar-refractivity contribution in [1.29, 1.82) is 0 Å². The molecule has 0 saturated carbocycles. The highest BCUT2D eigenvalue weighted by molar-refractivity contribution is 6.31. The molecule has 1 N–H and O–H groups in total. The first-order chi connectivity index (χ1) is 11.6. The largest absolute Gasteiger partial charge is 0.378 e. The van der Waals surface area contributed by atoms with Crippen LogP contribution in [-0.2, 0) is 16.0 Å². The summed E-state index contributed by atoms with van der Waals surface area (Å²) in [7, 11) is 0.